The second kappa shape index (κ2) is 9.87. The maximum atomic E-state index is 12.1. The Kier molecular flexibility index (Phi) is 7.82. The average molecular weight is 408 g/mol. The van der Waals surface area contributed by atoms with Crippen LogP contribution in [-0.4, -0.2) is 43.5 Å². The number of aromatic nitrogens is 1. The first-order valence-electron chi connectivity index (χ1n) is 8.73. The minimum absolute atomic E-state index is 0.129. The molecule has 0 aliphatic heterocycles. The van der Waals surface area contributed by atoms with Gasteiger partial charge in [-0.2, -0.15) is 0 Å². The zero-order chi connectivity index (χ0) is 19.9. The van der Waals surface area contributed by atoms with Gasteiger partial charge in [-0.25, -0.2) is 17.7 Å². The largest absolute Gasteiger partial charge is 0.325 e. The summed E-state index contributed by atoms with van der Waals surface area (Å²) in [5.41, 5.74) is 2.03. The molecule has 0 radical (unpaired) electrons. The second-order valence-electron chi connectivity index (χ2n) is 6.26. The molecule has 2 aromatic rings. The van der Waals surface area contributed by atoms with Gasteiger partial charge in [0.2, 0.25) is 15.9 Å². The van der Waals surface area contributed by atoms with Gasteiger partial charge in [0.15, 0.2) is 0 Å². The van der Waals surface area contributed by atoms with E-state index in [4.69, 9.17) is 0 Å². The molecular formula is C19H25N3O3S2. The van der Waals surface area contributed by atoms with Crippen LogP contribution >= 0.6 is 11.8 Å². The zero-order valence-electron chi connectivity index (χ0n) is 15.8. The standard InChI is InChI=1S/C19H25N3O3S2/c1-4-5-6-15-7-9-16(10-8-15)21-18(23)14-26-19-12-11-17(13-20-19)27(24,25)22(2)3/h7-13H,4-6,14H2,1-3H3,(H,21,23). The van der Waals surface area contributed by atoms with Crippen molar-refractivity contribution in [1.82, 2.24) is 9.29 Å². The fourth-order valence-corrected chi connectivity index (χ4v) is 3.78. The zero-order valence-corrected chi connectivity index (χ0v) is 17.4. The van der Waals surface area contributed by atoms with Crippen molar-refractivity contribution in [3.05, 3.63) is 48.2 Å². The van der Waals surface area contributed by atoms with E-state index in [1.807, 2.05) is 24.3 Å². The van der Waals surface area contributed by atoms with Crippen molar-refractivity contribution in [2.75, 3.05) is 25.2 Å². The third-order valence-electron chi connectivity index (χ3n) is 3.90. The molecule has 0 fully saturated rings. The normalized spacial score (nSPS) is 11.6. The summed E-state index contributed by atoms with van der Waals surface area (Å²) in [5.74, 6) is 0.0674. The molecule has 0 spiro atoms. The Labute approximate surface area is 165 Å². The SMILES string of the molecule is CCCCc1ccc(NC(=O)CSc2ccc(S(=O)(=O)N(C)C)cn2)cc1. The van der Waals surface area contributed by atoms with Gasteiger partial charge < -0.3 is 5.32 Å². The Morgan fingerprint density at radius 1 is 1.15 bits per heavy atom. The van der Waals surface area contributed by atoms with E-state index in [2.05, 4.69) is 17.2 Å². The Morgan fingerprint density at radius 3 is 2.41 bits per heavy atom. The topological polar surface area (TPSA) is 79.4 Å². The van der Waals surface area contributed by atoms with Gasteiger partial charge in [0.1, 0.15) is 4.90 Å². The van der Waals surface area contributed by atoms with E-state index in [0.717, 1.165) is 29.3 Å². The number of hydrogen-bond donors (Lipinski definition) is 1. The summed E-state index contributed by atoms with van der Waals surface area (Å²) in [5, 5.41) is 3.45. The fourth-order valence-electron chi connectivity index (χ4n) is 2.29. The highest BCUT2D eigenvalue weighted by Crippen LogP contribution is 2.19. The number of amides is 1. The highest BCUT2D eigenvalue weighted by atomic mass is 32.2. The van der Waals surface area contributed by atoms with Crippen LogP contribution < -0.4 is 5.32 Å². The molecule has 1 N–H and O–H groups in total. The van der Waals surface area contributed by atoms with Gasteiger partial charge in [-0.3, -0.25) is 4.79 Å². The summed E-state index contributed by atoms with van der Waals surface area (Å²) in [6, 6.07) is 11.0. The van der Waals surface area contributed by atoms with Crippen LogP contribution in [0.3, 0.4) is 0 Å². The number of nitrogens with zero attached hydrogens (tertiary/aromatic N) is 2. The first kappa shape index (κ1) is 21.4. The fraction of sp³-hybridized carbons (Fsp3) is 0.368. The van der Waals surface area contributed by atoms with E-state index in [1.165, 1.54) is 43.7 Å². The number of sulfonamides is 1. The van der Waals surface area contributed by atoms with Crippen LogP contribution in [0.15, 0.2) is 52.5 Å². The van der Waals surface area contributed by atoms with E-state index in [9.17, 15) is 13.2 Å². The number of carbonyl (C=O) groups is 1. The third kappa shape index (κ3) is 6.34. The monoisotopic (exact) mass is 407 g/mol. The van der Waals surface area contributed by atoms with Crippen LogP contribution in [0.25, 0.3) is 0 Å². The van der Waals surface area contributed by atoms with Crippen molar-refractivity contribution in [2.45, 2.75) is 36.1 Å². The number of thioether (sulfide) groups is 1. The van der Waals surface area contributed by atoms with E-state index in [-0.39, 0.29) is 16.6 Å². The van der Waals surface area contributed by atoms with Crippen LogP contribution in [0.2, 0.25) is 0 Å². The van der Waals surface area contributed by atoms with Gasteiger partial charge in [0.05, 0.1) is 10.8 Å². The van der Waals surface area contributed by atoms with Crippen LogP contribution in [0, 0.1) is 0 Å². The average Bonchev–Trinajstić information content (AvgIpc) is 2.66. The third-order valence-corrected chi connectivity index (χ3v) is 6.64. The summed E-state index contributed by atoms with van der Waals surface area (Å²) in [7, 11) is -0.551. The maximum Gasteiger partial charge on any atom is 0.244 e. The molecule has 0 bridgehead atoms. The van der Waals surface area contributed by atoms with Crippen LogP contribution in [0.1, 0.15) is 25.3 Å². The van der Waals surface area contributed by atoms with Crippen molar-refractivity contribution in [1.29, 1.82) is 0 Å². The molecule has 0 aliphatic rings. The van der Waals surface area contributed by atoms with E-state index < -0.39 is 10.0 Å². The van der Waals surface area contributed by atoms with Crippen molar-refractivity contribution in [2.24, 2.45) is 0 Å². The van der Waals surface area contributed by atoms with Crippen LogP contribution in [-0.2, 0) is 21.2 Å². The number of anilines is 1. The van der Waals surface area contributed by atoms with Crippen molar-refractivity contribution in [3.8, 4) is 0 Å². The molecule has 0 saturated heterocycles. The highest BCUT2D eigenvalue weighted by molar-refractivity contribution is 7.99. The maximum absolute atomic E-state index is 12.1. The number of pyridine rings is 1. The van der Waals surface area contributed by atoms with Crippen LogP contribution in [0.5, 0.6) is 0 Å². The lowest BCUT2D eigenvalue weighted by molar-refractivity contribution is -0.113. The minimum atomic E-state index is -3.49. The van der Waals surface area contributed by atoms with Gasteiger partial charge in [-0.1, -0.05) is 37.2 Å². The minimum Gasteiger partial charge on any atom is -0.325 e. The molecule has 0 atom stereocenters. The summed E-state index contributed by atoms with van der Waals surface area (Å²) in [4.78, 5) is 16.3. The molecule has 27 heavy (non-hydrogen) atoms. The molecule has 146 valence electrons. The number of carbonyl (C=O) groups excluding carboxylic acids is 1. The lowest BCUT2D eigenvalue weighted by Crippen LogP contribution is -2.22. The molecule has 0 saturated carbocycles. The molecule has 1 aromatic heterocycles. The lowest BCUT2D eigenvalue weighted by Gasteiger charge is -2.11. The van der Waals surface area contributed by atoms with Crippen LogP contribution in [0.4, 0.5) is 5.69 Å². The molecule has 2 rings (SSSR count). The van der Waals surface area contributed by atoms with Crippen molar-refractivity contribution in [3.63, 3.8) is 0 Å². The molecule has 1 amide bonds. The molecule has 1 heterocycles. The van der Waals surface area contributed by atoms with Gasteiger partial charge in [0, 0.05) is 26.0 Å². The van der Waals surface area contributed by atoms with Crippen molar-refractivity contribution < 1.29 is 13.2 Å². The first-order valence-corrected chi connectivity index (χ1v) is 11.2. The Balaban J connectivity index is 1.86. The predicted molar refractivity (Wildman–Crippen MR) is 110 cm³/mol. The quantitative estimate of drug-likeness (QED) is 0.645. The van der Waals surface area contributed by atoms with Crippen molar-refractivity contribution >= 4 is 33.4 Å². The second-order valence-corrected chi connectivity index (χ2v) is 9.40. The van der Waals surface area contributed by atoms with Gasteiger partial charge in [0.25, 0.3) is 0 Å². The molecule has 1 aromatic carbocycles. The lowest BCUT2D eigenvalue weighted by atomic mass is 10.1. The molecule has 0 aliphatic carbocycles. The highest BCUT2D eigenvalue weighted by Gasteiger charge is 2.17. The number of hydrogen-bond acceptors (Lipinski definition) is 5. The Bertz CT molecular complexity index is 849. The first-order chi connectivity index (χ1) is 12.8. The van der Waals surface area contributed by atoms with Gasteiger partial charge in [-0.05, 0) is 42.7 Å². The number of unbranched alkanes of at least 4 members (excludes halogenated alkanes) is 1. The Morgan fingerprint density at radius 2 is 1.85 bits per heavy atom. The number of benzene rings is 1. The molecular weight excluding hydrogens is 382 g/mol. The summed E-state index contributed by atoms with van der Waals surface area (Å²) in [6.45, 7) is 2.16. The Hall–Kier alpha value is -1.90. The molecule has 0 unspecified atom stereocenters. The number of aryl methyl sites for hydroxylation is 1. The van der Waals surface area contributed by atoms with Gasteiger partial charge >= 0.3 is 0 Å². The van der Waals surface area contributed by atoms with E-state index in [1.54, 1.807) is 6.07 Å². The predicted octanol–water partition coefficient (Wildman–Crippen LogP) is 3.41. The number of rotatable bonds is 9. The summed E-state index contributed by atoms with van der Waals surface area (Å²) < 4.78 is 25.2. The number of nitrogens with one attached hydrogen (secondary N) is 1. The van der Waals surface area contributed by atoms with E-state index >= 15 is 0 Å². The van der Waals surface area contributed by atoms with Gasteiger partial charge in [-0.15, -0.1) is 0 Å². The molecule has 8 heteroatoms. The smallest absolute Gasteiger partial charge is 0.244 e. The summed E-state index contributed by atoms with van der Waals surface area (Å²) >= 11 is 1.26. The summed E-state index contributed by atoms with van der Waals surface area (Å²) in [6.07, 6.45) is 4.67. The molecule has 6 nitrogen and oxygen atoms in total. The van der Waals surface area contributed by atoms with E-state index in [0.29, 0.717) is 5.03 Å².